The van der Waals surface area contributed by atoms with E-state index in [0.29, 0.717) is 5.56 Å². The molecule has 0 saturated heterocycles. The van der Waals surface area contributed by atoms with Crippen LogP contribution in [0.5, 0.6) is 0 Å². The predicted octanol–water partition coefficient (Wildman–Crippen LogP) is 1.92. The van der Waals surface area contributed by atoms with E-state index < -0.39 is 0 Å². The minimum absolute atomic E-state index is 0.0917. The lowest BCUT2D eigenvalue weighted by Gasteiger charge is -2.17. The number of H-pyrrole nitrogens is 1. The smallest absolute Gasteiger partial charge is 0.255 e. The van der Waals surface area contributed by atoms with Gasteiger partial charge in [0, 0.05) is 12.1 Å². The zero-order chi connectivity index (χ0) is 14.1. The Balaban J connectivity index is 1.84. The molecule has 0 bridgehead atoms. The predicted molar refractivity (Wildman–Crippen MR) is 77.9 cm³/mol. The summed E-state index contributed by atoms with van der Waals surface area (Å²) in [4.78, 5) is 12.3. The minimum Gasteiger partial charge on any atom is -0.319 e. The minimum atomic E-state index is -0.0917. The number of aryl methyl sites for hydroxylation is 2. The number of amides is 1. The third kappa shape index (κ3) is 2.32. The van der Waals surface area contributed by atoms with Crippen LogP contribution in [0.25, 0.3) is 0 Å². The van der Waals surface area contributed by atoms with E-state index >= 15 is 0 Å². The van der Waals surface area contributed by atoms with E-state index in [4.69, 9.17) is 0 Å². The third-order valence-electron chi connectivity index (χ3n) is 3.72. The van der Waals surface area contributed by atoms with Crippen molar-refractivity contribution in [2.45, 2.75) is 26.8 Å². The maximum atomic E-state index is 12.3. The van der Waals surface area contributed by atoms with Crippen molar-refractivity contribution in [3.63, 3.8) is 0 Å². The summed E-state index contributed by atoms with van der Waals surface area (Å²) in [5, 5.41) is 13.2. The molecule has 0 unspecified atom stereocenters. The Bertz CT molecular complexity index is 640. The van der Waals surface area contributed by atoms with Crippen molar-refractivity contribution < 1.29 is 4.79 Å². The maximum absolute atomic E-state index is 12.3. The van der Waals surface area contributed by atoms with Gasteiger partial charge in [0.15, 0.2) is 0 Å². The van der Waals surface area contributed by atoms with Crippen molar-refractivity contribution in [1.82, 2.24) is 15.5 Å². The molecule has 0 spiro atoms. The van der Waals surface area contributed by atoms with Crippen LogP contribution in [0.15, 0.2) is 18.2 Å². The summed E-state index contributed by atoms with van der Waals surface area (Å²) in [5.41, 5.74) is 5.67. The second-order valence-corrected chi connectivity index (χ2v) is 5.17. The van der Waals surface area contributed by atoms with E-state index in [9.17, 15) is 4.79 Å². The molecule has 0 saturated carbocycles. The van der Waals surface area contributed by atoms with Gasteiger partial charge in [0.2, 0.25) is 0 Å². The average Bonchev–Trinajstić information content (AvgIpc) is 2.78. The first kappa shape index (κ1) is 12.9. The molecule has 2 aromatic rings. The van der Waals surface area contributed by atoms with Crippen LogP contribution in [0.1, 0.15) is 32.9 Å². The van der Waals surface area contributed by atoms with Crippen molar-refractivity contribution in [2.75, 3.05) is 11.9 Å². The molecule has 1 aliphatic heterocycles. The largest absolute Gasteiger partial charge is 0.319 e. The van der Waals surface area contributed by atoms with Crippen molar-refractivity contribution >= 4 is 11.6 Å². The van der Waals surface area contributed by atoms with Gasteiger partial charge in [0.1, 0.15) is 0 Å². The topological polar surface area (TPSA) is 69.8 Å². The first-order valence-electron chi connectivity index (χ1n) is 6.80. The molecule has 0 fully saturated rings. The number of fused-ring (bicyclic) bond motifs is 1. The molecule has 1 aromatic carbocycles. The lowest BCUT2D eigenvalue weighted by molar-refractivity contribution is 0.102. The summed E-state index contributed by atoms with van der Waals surface area (Å²) in [7, 11) is 0. The van der Waals surface area contributed by atoms with Crippen molar-refractivity contribution in [1.29, 1.82) is 0 Å². The number of benzene rings is 1. The van der Waals surface area contributed by atoms with Crippen LogP contribution < -0.4 is 10.6 Å². The van der Waals surface area contributed by atoms with E-state index in [2.05, 4.69) is 26.9 Å². The molecule has 0 radical (unpaired) electrons. The summed E-state index contributed by atoms with van der Waals surface area (Å²) in [6, 6.07) is 5.92. The van der Waals surface area contributed by atoms with E-state index in [1.165, 1.54) is 11.1 Å². The number of aromatic amines is 1. The zero-order valence-electron chi connectivity index (χ0n) is 11.7. The van der Waals surface area contributed by atoms with Gasteiger partial charge in [-0.1, -0.05) is 6.07 Å². The van der Waals surface area contributed by atoms with Gasteiger partial charge in [-0.2, -0.15) is 5.10 Å². The molecule has 1 amide bonds. The number of hydrogen-bond acceptors (Lipinski definition) is 3. The van der Waals surface area contributed by atoms with Gasteiger partial charge in [-0.15, -0.1) is 0 Å². The van der Waals surface area contributed by atoms with Crippen LogP contribution in [0, 0.1) is 13.8 Å². The van der Waals surface area contributed by atoms with Gasteiger partial charge in [0.25, 0.3) is 5.91 Å². The van der Waals surface area contributed by atoms with E-state index in [0.717, 1.165) is 36.6 Å². The Morgan fingerprint density at radius 1 is 1.30 bits per heavy atom. The normalized spacial score (nSPS) is 13.9. The highest BCUT2D eigenvalue weighted by molar-refractivity contribution is 6.05. The number of hydrogen-bond donors (Lipinski definition) is 3. The number of anilines is 1. The first-order valence-corrected chi connectivity index (χ1v) is 6.80. The fraction of sp³-hybridized carbons (Fsp3) is 0.333. The zero-order valence-corrected chi connectivity index (χ0v) is 11.7. The van der Waals surface area contributed by atoms with Crippen molar-refractivity contribution in [3.05, 3.63) is 46.3 Å². The summed E-state index contributed by atoms with van der Waals surface area (Å²) in [6.07, 6.45) is 1.02. The Morgan fingerprint density at radius 3 is 2.90 bits per heavy atom. The van der Waals surface area contributed by atoms with Crippen LogP contribution in [-0.4, -0.2) is 22.6 Å². The molecule has 3 N–H and O–H groups in total. The molecule has 2 heterocycles. The highest BCUT2D eigenvalue weighted by Gasteiger charge is 2.15. The SMILES string of the molecule is Cc1n[nH]c(C)c1NC(=O)c1ccc2c(c1)CNCC2. The number of nitrogens with one attached hydrogen (secondary N) is 3. The molecule has 1 aromatic heterocycles. The lowest BCUT2D eigenvalue weighted by atomic mass is 9.98. The quantitative estimate of drug-likeness (QED) is 0.781. The van der Waals surface area contributed by atoms with E-state index in [1.807, 2.05) is 26.0 Å². The molecule has 0 aliphatic carbocycles. The number of carbonyl (C=O) groups excluding carboxylic acids is 1. The standard InChI is InChI=1S/C15H18N4O/c1-9-14(10(2)19-18-9)17-15(20)12-4-3-11-5-6-16-8-13(11)7-12/h3-4,7,16H,5-6,8H2,1-2H3,(H,17,20)(H,18,19). The monoisotopic (exact) mass is 270 g/mol. The third-order valence-corrected chi connectivity index (χ3v) is 3.72. The molecule has 5 nitrogen and oxygen atoms in total. The first-order chi connectivity index (χ1) is 9.65. The highest BCUT2D eigenvalue weighted by Crippen LogP contribution is 2.19. The number of nitrogens with zero attached hydrogens (tertiary/aromatic N) is 1. The molecular formula is C15H18N4O. The van der Waals surface area contributed by atoms with Gasteiger partial charge in [-0.25, -0.2) is 0 Å². The second-order valence-electron chi connectivity index (χ2n) is 5.17. The Kier molecular flexibility index (Phi) is 3.28. The van der Waals surface area contributed by atoms with E-state index in [1.54, 1.807) is 0 Å². The lowest BCUT2D eigenvalue weighted by Crippen LogP contribution is -2.24. The Morgan fingerprint density at radius 2 is 2.15 bits per heavy atom. The summed E-state index contributed by atoms with van der Waals surface area (Å²) < 4.78 is 0. The molecule has 1 aliphatic rings. The van der Waals surface area contributed by atoms with Gasteiger partial charge in [0.05, 0.1) is 17.1 Å². The van der Waals surface area contributed by atoms with Gasteiger partial charge >= 0.3 is 0 Å². The summed E-state index contributed by atoms with van der Waals surface area (Å²) in [5.74, 6) is -0.0917. The van der Waals surface area contributed by atoms with Crippen LogP contribution >= 0.6 is 0 Å². The van der Waals surface area contributed by atoms with E-state index in [-0.39, 0.29) is 5.91 Å². The number of rotatable bonds is 2. The highest BCUT2D eigenvalue weighted by atomic mass is 16.1. The number of aromatic nitrogens is 2. The molecule has 3 rings (SSSR count). The fourth-order valence-electron chi connectivity index (χ4n) is 2.54. The molecule has 0 atom stereocenters. The van der Waals surface area contributed by atoms with Crippen molar-refractivity contribution in [3.8, 4) is 0 Å². The molecule has 5 heteroatoms. The molecule has 20 heavy (non-hydrogen) atoms. The summed E-state index contributed by atoms with van der Waals surface area (Å²) in [6.45, 7) is 5.61. The Labute approximate surface area is 117 Å². The van der Waals surface area contributed by atoms with Gasteiger partial charge < -0.3 is 10.6 Å². The second kappa shape index (κ2) is 5.09. The van der Waals surface area contributed by atoms with Gasteiger partial charge in [-0.3, -0.25) is 9.89 Å². The fourth-order valence-corrected chi connectivity index (χ4v) is 2.54. The summed E-state index contributed by atoms with van der Waals surface area (Å²) >= 11 is 0. The number of carbonyl (C=O) groups is 1. The molecule has 104 valence electrons. The van der Waals surface area contributed by atoms with Crippen LogP contribution in [0.2, 0.25) is 0 Å². The van der Waals surface area contributed by atoms with Crippen LogP contribution in [0.4, 0.5) is 5.69 Å². The van der Waals surface area contributed by atoms with Gasteiger partial charge in [-0.05, 0) is 50.1 Å². The maximum Gasteiger partial charge on any atom is 0.255 e. The van der Waals surface area contributed by atoms with Crippen molar-refractivity contribution in [2.24, 2.45) is 0 Å². The average molecular weight is 270 g/mol. The molecular weight excluding hydrogens is 252 g/mol. The Hall–Kier alpha value is -2.14. The van der Waals surface area contributed by atoms with Crippen LogP contribution in [0.3, 0.4) is 0 Å². The van der Waals surface area contributed by atoms with Crippen LogP contribution in [-0.2, 0) is 13.0 Å².